The molecule has 2 aliphatic rings. The van der Waals surface area contributed by atoms with Crippen LogP contribution in [-0.2, 0) is 4.74 Å². The van der Waals surface area contributed by atoms with Crippen molar-refractivity contribution < 1.29 is 9.84 Å². The van der Waals surface area contributed by atoms with Gasteiger partial charge in [-0.15, -0.1) is 0 Å². The lowest BCUT2D eigenvalue weighted by molar-refractivity contribution is -0.0429. The van der Waals surface area contributed by atoms with Crippen LogP contribution in [0.3, 0.4) is 0 Å². The monoisotopic (exact) mass is 241 g/mol. The predicted molar refractivity (Wildman–Crippen MR) is 69.0 cm³/mol. The molecule has 100 valence electrons. The average Bonchev–Trinajstić information content (AvgIpc) is 2.25. The van der Waals surface area contributed by atoms with Crippen molar-refractivity contribution in [3.8, 4) is 0 Å². The fourth-order valence-electron chi connectivity index (χ4n) is 3.35. The maximum Gasteiger partial charge on any atom is 0.0565 e. The molecule has 0 aromatic heterocycles. The van der Waals surface area contributed by atoms with Gasteiger partial charge >= 0.3 is 0 Å². The molecule has 0 amide bonds. The molecule has 2 N–H and O–H groups in total. The van der Waals surface area contributed by atoms with Gasteiger partial charge in [0.2, 0.25) is 0 Å². The Morgan fingerprint density at radius 2 is 1.82 bits per heavy atom. The van der Waals surface area contributed by atoms with Crippen molar-refractivity contribution in [3.05, 3.63) is 0 Å². The van der Waals surface area contributed by atoms with Crippen molar-refractivity contribution in [2.75, 3.05) is 6.54 Å². The Morgan fingerprint density at radius 1 is 1.12 bits per heavy atom. The lowest BCUT2D eigenvalue weighted by atomic mass is 9.87. The Labute approximate surface area is 105 Å². The molecule has 0 bridgehead atoms. The van der Waals surface area contributed by atoms with Gasteiger partial charge in [0.15, 0.2) is 0 Å². The van der Waals surface area contributed by atoms with E-state index < -0.39 is 0 Å². The van der Waals surface area contributed by atoms with Gasteiger partial charge in [-0.3, -0.25) is 0 Å². The maximum atomic E-state index is 9.65. The maximum absolute atomic E-state index is 9.65. The van der Waals surface area contributed by atoms with Crippen LogP contribution < -0.4 is 5.32 Å². The van der Waals surface area contributed by atoms with E-state index in [0.29, 0.717) is 24.2 Å². The van der Waals surface area contributed by atoms with Gasteiger partial charge in [0.05, 0.1) is 18.3 Å². The summed E-state index contributed by atoms with van der Waals surface area (Å²) in [5.41, 5.74) is 0. The van der Waals surface area contributed by atoms with Crippen molar-refractivity contribution in [1.82, 2.24) is 5.32 Å². The Bertz CT molecular complexity index is 224. The number of aliphatic hydroxyl groups excluding tert-OH is 1. The summed E-state index contributed by atoms with van der Waals surface area (Å²) in [7, 11) is 0. The molecule has 1 aliphatic carbocycles. The second-order valence-corrected chi connectivity index (χ2v) is 6.02. The summed E-state index contributed by atoms with van der Waals surface area (Å²) >= 11 is 0. The van der Waals surface area contributed by atoms with Gasteiger partial charge < -0.3 is 15.2 Å². The minimum Gasteiger partial charge on any atom is -0.393 e. The highest BCUT2D eigenvalue weighted by molar-refractivity contribution is 4.81. The van der Waals surface area contributed by atoms with Crippen LogP contribution in [0.15, 0.2) is 0 Å². The molecule has 3 heteroatoms. The van der Waals surface area contributed by atoms with Crippen LogP contribution in [0.5, 0.6) is 0 Å². The van der Waals surface area contributed by atoms with Crippen LogP contribution >= 0.6 is 0 Å². The van der Waals surface area contributed by atoms with Crippen LogP contribution in [0.25, 0.3) is 0 Å². The number of aliphatic hydroxyl groups is 1. The first-order valence-corrected chi connectivity index (χ1v) is 7.20. The van der Waals surface area contributed by atoms with E-state index in [0.717, 1.165) is 32.2 Å². The normalized spacial score (nSPS) is 43.6. The van der Waals surface area contributed by atoms with Gasteiger partial charge in [0.1, 0.15) is 0 Å². The van der Waals surface area contributed by atoms with E-state index in [4.69, 9.17) is 4.74 Å². The Morgan fingerprint density at radius 3 is 2.47 bits per heavy atom. The summed E-state index contributed by atoms with van der Waals surface area (Å²) in [5, 5.41) is 13.3. The van der Waals surface area contributed by atoms with E-state index in [1.165, 1.54) is 12.8 Å². The van der Waals surface area contributed by atoms with Crippen molar-refractivity contribution in [1.29, 1.82) is 0 Å². The van der Waals surface area contributed by atoms with Crippen molar-refractivity contribution >= 4 is 0 Å². The summed E-state index contributed by atoms with van der Waals surface area (Å²) in [6.45, 7) is 5.39. The zero-order chi connectivity index (χ0) is 12.3. The van der Waals surface area contributed by atoms with Gasteiger partial charge in [-0.25, -0.2) is 0 Å². The first-order valence-electron chi connectivity index (χ1n) is 7.20. The molecule has 1 heterocycles. The van der Waals surface area contributed by atoms with Gasteiger partial charge in [-0.1, -0.05) is 6.42 Å². The highest BCUT2D eigenvalue weighted by atomic mass is 16.5. The van der Waals surface area contributed by atoms with E-state index in [9.17, 15) is 5.11 Å². The fourth-order valence-corrected chi connectivity index (χ4v) is 3.35. The number of hydrogen-bond acceptors (Lipinski definition) is 3. The molecule has 1 aliphatic heterocycles. The molecular formula is C14H27NO2. The fraction of sp³-hybridized carbons (Fsp3) is 1.00. The molecule has 17 heavy (non-hydrogen) atoms. The Balaban J connectivity index is 1.70. The molecule has 1 saturated heterocycles. The zero-order valence-electron chi connectivity index (χ0n) is 11.2. The lowest BCUT2D eigenvalue weighted by Crippen LogP contribution is -2.43. The van der Waals surface area contributed by atoms with Crippen LogP contribution in [0.4, 0.5) is 0 Å². The van der Waals surface area contributed by atoms with E-state index in [1.54, 1.807) is 0 Å². The quantitative estimate of drug-likeness (QED) is 0.795. The summed E-state index contributed by atoms with van der Waals surface area (Å²) in [4.78, 5) is 0. The molecule has 0 spiro atoms. The Kier molecular flexibility index (Phi) is 4.83. The molecule has 2 fully saturated rings. The summed E-state index contributed by atoms with van der Waals surface area (Å²) in [5.74, 6) is 0.673. The SMILES string of the molecule is CC1CC(NCC2CCCC(O)C2)CC(C)O1. The van der Waals surface area contributed by atoms with E-state index in [2.05, 4.69) is 19.2 Å². The minimum atomic E-state index is -0.0527. The standard InChI is InChI=1S/C14H27NO2/c1-10-6-13(7-11(2)17-10)15-9-12-4-3-5-14(16)8-12/h10-16H,3-9H2,1-2H3. The average molecular weight is 241 g/mol. The molecule has 0 aromatic carbocycles. The van der Waals surface area contributed by atoms with Gasteiger partial charge in [0.25, 0.3) is 0 Å². The molecule has 0 aromatic rings. The second-order valence-electron chi connectivity index (χ2n) is 6.02. The number of rotatable bonds is 3. The number of nitrogens with one attached hydrogen (secondary N) is 1. The summed E-state index contributed by atoms with van der Waals surface area (Å²) in [6, 6.07) is 0.604. The number of ether oxygens (including phenoxy) is 1. The molecule has 2 rings (SSSR count). The van der Waals surface area contributed by atoms with Gasteiger partial charge in [0, 0.05) is 6.04 Å². The summed E-state index contributed by atoms with van der Waals surface area (Å²) in [6.07, 6.45) is 7.42. The second kappa shape index (κ2) is 6.17. The van der Waals surface area contributed by atoms with Crippen LogP contribution in [0, 0.1) is 5.92 Å². The third-order valence-corrected chi connectivity index (χ3v) is 4.15. The van der Waals surface area contributed by atoms with Crippen molar-refractivity contribution in [2.24, 2.45) is 5.92 Å². The summed E-state index contributed by atoms with van der Waals surface area (Å²) < 4.78 is 5.75. The first-order chi connectivity index (χ1) is 8.13. The number of hydrogen-bond donors (Lipinski definition) is 2. The van der Waals surface area contributed by atoms with Crippen molar-refractivity contribution in [2.45, 2.75) is 76.7 Å². The zero-order valence-corrected chi connectivity index (χ0v) is 11.2. The van der Waals surface area contributed by atoms with Gasteiger partial charge in [-0.05, 0) is 58.4 Å². The smallest absolute Gasteiger partial charge is 0.0565 e. The lowest BCUT2D eigenvalue weighted by Gasteiger charge is -2.34. The van der Waals surface area contributed by atoms with Crippen LogP contribution in [-0.4, -0.2) is 36.0 Å². The molecule has 3 nitrogen and oxygen atoms in total. The van der Waals surface area contributed by atoms with Crippen LogP contribution in [0.2, 0.25) is 0 Å². The van der Waals surface area contributed by atoms with Gasteiger partial charge in [-0.2, -0.15) is 0 Å². The molecular weight excluding hydrogens is 214 g/mol. The highest BCUT2D eigenvalue weighted by Gasteiger charge is 2.26. The highest BCUT2D eigenvalue weighted by Crippen LogP contribution is 2.25. The largest absolute Gasteiger partial charge is 0.393 e. The van der Waals surface area contributed by atoms with E-state index in [1.807, 2.05) is 0 Å². The topological polar surface area (TPSA) is 41.5 Å². The predicted octanol–water partition coefficient (Wildman–Crippen LogP) is 2.08. The molecule has 1 saturated carbocycles. The minimum absolute atomic E-state index is 0.0527. The third-order valence-electron chi connectivity index (χ3n) is 4.15. The molecule has 4 atom stereocenters. The third kappa shape index (κ3) is 4.23. The molecule has 0 radical (unpaired) electrons. The first kappa shape index (κ1) is 13.3. The van der Waals surface area contributed by atoms with Crippen molar-refractivity contribution in [3.63, 3.8) is 0 Å². The Hall–Kier alpha value is -0.120. The van der Waals surface area contributed by atoms with E-state index in [-0.39, 0.29) is 6.10 Å². The van der Waals surface area contributed by atoms with Crippen LogP contribution in [0.1, 0.15) is 52.4 Å². The van der Waals surface area contributed by atoms with E-state index >= 15 is 0 Å². The molecule has 4 unspecified atom stereocenters.